The van der Waals surface area contributed by atoms with Crippen LogP contribution in [0.1, 0.15) is 46.5 Å². The Hall–Kier alpha value is -0.290. The number of ether oxygens (including phenoxy) is 1. The van der Waals surface area contributed by atoms with E-state index in [9.17, 15) is 13.2 Å². The summed E-state index contributed by atoms with van der Waals surface area (Å²) >= 11 is 0. The van der Waals surface area contributed by atoms with Gasteiger partial charge in [-0.2, -0.15) is 13.2 Å². The molecule has 1 unspecified atom stereocenters. The summed E-state index contributed by atoms with van der Waals surface area (Å²) < 4.78 is 39.8. The summed E-state index contributed by atoms with van der Waals surface area (Å²) in [6.07, 6.45) is -0.0686. The van der Waals surface area contributed by atoms with Crippen molar-refractivity contribution in [3.8, 4) is 0 Å². The molecule has 0 aliphatic heterocycles. The molecule has 5 heteroatoms. The third-order valence-electron chi connectivity index (χ3n) is 2.64. The first-order valence-electron chi connectivity index (χ1n) is 6.69. The first-order chi connectivity index (χ1) is 8.31. The van der Waals surface area contributed by atoms with Crippen LogP contribution in [-0.4, -0.2) is 32.0 Å². The average Bonchev–Trinajstić information content (AvgIpc) is 2.21. The molecule has 0 rings (SSSR count). The molecule has 0 amide bonds. The second-order valence-corrected chi connectivity index (χ2v) is 5.20. The Balaban J connectivity index is 3.27. The van der Waals surface area contributed by atoms with Gasteiger partial charge in [0.2, 0.25) is 0 Å². The molecule has 0 aromatic rings. The molecule has 110 valence electrons. The van der Waals surface area contributed by atoms with Crippen LogP contribution in [-0.2, 0) is 4.74 Å². The third kappa shape index (κ3) is 13.8. The van der Waals surface area contributed by atoms with Gasteiger partial charge in [-0.3, -0.25) is 0 Å². The van der Waals surface area contributed by atoms with Crippen molar-refractivity contribution in [3.63, 3.8) is 0 Å². The fourth-order valence-electron chi connectivity index (χ4n) is 1.64. The topological polar surface area (TPSA) is 21.3 Å². The van der Waals surface area contributed by atoms with E-state index in [2.05, 4.69) is 30.8 Å². The summed E-state index contributed by atoms with van der Waals surface area (Å²) in [7, 11) is 0. The third-order valence-corrected chi connectivity index (χ3v) is 2.64. The lowest BCUT2D eigenvalue weighted by molar-refractivity contribution is -0.173. The van der Waals surface area contributed by atoms with Gasteiger partial charge in [0.05, 0.1) is 0 Å². The molecule has 0 fully saturated rings. The molecule has 0 bridgehead atoms. The fourth-order valence-corrected chi connectivity index (χ4v) is 1.64. The molecule has 0 radical (unpaired) electrons. The Kier molecular flexibility index (Phi) is 9.46. The van der Waals surface area contributed by atoms with E-state index in [0.29, 0.717) is 19.0 Å². The normalized spacial score (nSPS) is 14.2. The van der Waals surface area contributed by atoms with Crippen LogP contribution in [0.4, 0.5) is 13.2 Å². The van der Waals surface area contributed by atoms with E-state index in [-0.39, 0.29) is 6.61 Å². The summed E-state index contributed by atoms with van der Waals surface area (Å²) in [6, 6.07) is 0.423. The molecule has 0 aromatic heterocycles. The molecule has 0 aromatic carbocycles. The first kappa shape index (κ1) is 17.7. The molecule has 0 aliphatic rings. The lowest BCUT2D eigenvalue weighted by Gasteiger charge is -2.14. The van der Waals surface area contributed by atoms with E-state index < -0.39 is 12.8 Å². The van der Waals surface area contributed by atoms with Gasteiger partial charge in [0.25, 0.3) is 0 Å². The van der Waals surface area contributed by atoms with E-state index in [1.807, 2.05) is 0 Å². The molecule has 2 nitrogen and oxygen atoms in total. The second-order valence-electron chi connectivity index (χ2n) is 5.20. The van der Waals surface area contributed by atoms with Crippen molar-refractivity contribution in [1.82, 2.24) is 5.32 Å². The molecule has 0 saturated heterocycles. The van der Waals surface area contributed by atoms with Gasteiger partial charge >= 0.3 is 6.18 Å². The Morgan fingerprint density at radius 2 is 1.72 bits per heavy atom. The number of nitrogens with one attached hydrogen (secondary N) is 1. The number of halogens is 3. The highest BCUT2D eigenvalue weighted by atomic mass is 19.4. The number of rotatable bonds is 10. The Morgan fingerprint density at radius 1 is 1.06 bits per heavy atom. The summed E-state index contributed by atoms with van der Waals surface area (Å²) in [5, 5.41) is 3.29. The maximum Gasteiger partial charge on any atom is 0.411 e. The Bertz CT molecular complexity index is 195. The van der Waals surface area contributed by atoms with E-state index in [4.69, 9.17) is 0 Å². The van der Waals surface area contributed by atoms with E-state index in [0.717, 1.165) is 12.3 Å². The Morgan fingerprint density at radius 3 is 2.28 bits per heavy atom. The molecule has 1 atom stereocenters. The smallest absolute Gasteiger partial charge is 0.372 e. The van der Waals surface area contributed by atoms with Crippen molar-refractivity contribution in [2.75, 3.05) is 19.8 Å². The number of alkyl halides is 3. The van der Waals surface area contributed by atoms with Gasteiger partial charge in [-0.1, -0.05) is 26.7 Å². The van der Waals surface area contributed by atoms with Crippen molar-refractivity contribution in [2.24, 2.45) is 5.92 Å². The number of hydrogen-bond donors (Lipinski definition) is 1. The minimum Gasteiger partial charge on any atom is -0.372 e. The van der Waals surface area contributed by atoms with Crippen LogP contribution >= 0.6 is 0 Å². The first-order valence-corrected chi connectivity index (χ1v) is 6.69. The molecular weight excluding hydrogens is 243 g/mol. The van der Waals surface area contributed by atoms with Crippen LogP contribution in [0.2, 0.25) is 0 Å². The van der Waals surface area contributed by atoms with Crippen LogP contribution in [0, 0.1) is 5.92 Å². The van der Waals surface area contributed by atoms with E-state index in [1.54, 1.807) is 0 Å². The van der Waals surface area contributed by atoms with Crippen molar-refractivity contribution in [2.45, 2.75) is 58.7 Å². The molecule has 0 aliphatic carbocycles. The lowest BCUT2D eigenvalue weighted by atomic mass is 10.0. The maximum atomic E-state index is 11.8. The predicted molar refractivity (Wildman–Crippen MR) is 67.6 cm³/mol. The summed E-state index contributed by atoms with van der Waals surface area (Å²) in [5.41, 5.74) is 0. The summed E-state index contributed by atoms with van der Waals surface area (Å²) in [6.45, 7) is 6.24. The standard InChI is InChI=1S/C13H26F3NO/c1-11(2)6-4-7-12(3)17-8-5-9-18-10-13(14,15)16/h11-12,17H,4-10H2,1-3H3. The van der Waals surface area contributed by atoms with Gasteiger partial charge in [-0.15, -0.1) is 0 Å². The van der Waals surface area contributed by atoms with E-state index >= 15 is 0 Å². The average molecular weight is 269 g/mol. The molecule has 1 N–H and O–H groups in total. The van der Waals surface area contributed by atoms with Crippen LogP contribution in [0.15, 0.2) is 0 Å². The van der Waals surface area contributed by atoms with Crippen molar-refractivity contribution in [3.05, 3.63) is 0 Å². The zero-order chi connectivity index (χ0) is 14.0. The Labute approximate surface area is 108 Å². The fraction of sp³-hybridized carbons (Fsp3) is 1.00. The second kappa shape index (κ2) is 9.62. The quantitative estimate of drug-likeness (QED) is 0.610. The van der Waals surface area contributed by atoms with E-state index in [1.165, 1.54) is 12.8 Å². The minimum absolute atomic E-state index is 0.158. The van der Waals surface area contributed by atoms with Gasteiger partial charge in [0.15, 0.2) is 0 Å². The molecule has 0 spiro atoms. The van der Waals surface area contributed by atoms with Gasteiger partial charge in [-0.25, -0.2) is 0 Å². The molecule has 0 saturated carbocycles. The van der Waals surface area contributed by atoms with Crippen LogP contribution in [0.3, 0.4) is 0 Å². The largest absolute Gasteiger partial charge is 0.411 e. The molecule has 0 heterocycles. The highest BCUT2D eigenvalue weighted by Crippen LogP contribution is 2.14. The number of hydrogen-bond acceptors (Lipinski definition) is 2. The lowest BCUT2D eigenvalue weighted by Crippen LogP contribution is -2.28. The van der Waals surface area contributed by atoms with Gasteiger partial charge in [-0.05, 0) is 32.2 Å². The zero-order valence-corrected chi connectivity index (χ0v) is 11.6. The van der Waals surface area contributed by atoms with Crippen LogP contribution < -0.4 is 5.32 Å². The minimum atomic E-state index is -4.21. The van der Waals surface area contributed by atoms with Gasteiger partial charge < -0.3 is 10.1 Å². The molecular formula is C13H26F3NO. The monoisotopic (exact) mass is 269 g/mol. The predicted octanol–water partition coefficient (Wildman–Crippen LogP) is 3.76. The summed E-state index contributed by atoms with van der Waals surface area (Å²) in [5.74, 6) is 0.730. The molecule has 18 heavy (non-hydrogen) atoms. The van der Waals surface area contributed by atoms with Crippen molar-refractivity contribution >= 4 is 0 Å². The van der Waals surface area contributed by atoms with Crippen LogP contribution in [0.5, 0.6) is 0 Å². The van der Waals surface area contributed by atoms with Gasteiger partial charge in [0.1, 0.15) is 6.61 Å². The SMILES string of the molecule is CC(C)CCCC(C)NCCCOCC(F)(F)F. The van der Waals surface area contributed by atoms with Crippen molar-refractivity contribution in [1.29, 1.82) is 0 Å². The van der Waals surface area contributed by atoms with Gasteiger partial charge in [0, 0.05) is 12.6 Å². The maximum absolute atomic E-state index is 11.8. The van der Waals surface area contributed by atoms with Crippen LogP contribution in [0.25, 0.3) is 0 Å². The summed E-state index contributed by atoms with van der Waals surface area (Å²) in [4.78, 5) is 0. The highest BCUT2D eigenvalue weighted by molar-refractivity contribution is 4.61. The zero-order valence-electron chi connectivity index (χ0n) is 11.6. The highest BCUT2D eigenvalue weighted by Gasteiger charge is 2.27. The van der Waals surface area contributed by atoms with Crippen molar-refractivity contribution < 1.29 is 17.9 Å².